The van der Waals surface area contributed by atoms with Crippen molar-refractivity contribution >= 4 is 6.29 Å². The predicted molar refractivity (Wildman–Crippen MR) is 108 cm³/mol. The van der Waals surface area contributed by atoms with Gasteiger partial charge in [0.1, 0.15) is 6.29 Å². The maximum atomic E-state index is 10.9. The summed E-state index contributed by atoms with van der Waals surface area (Å²) in [5, 5.41) is 0. The summed E-state index contributed by atoms with van der Waals surface area (Å²) in [6, 6.07) is 0. The molecule has 5 fully saturated rings. The van der Waals surface area contributed by atoms with Crippen molar-refractivity contribution in [1.29, 1.82) is 0 Å². The van der Waals surface area contributed by atoms with Crippen molar-refractivity contribution in [1.82, 2.24) is 0 Å². The van der Waals surface area contributed by atoms with Crippen molar-refractivity contribution in [3.63, 3.8) is 0 Å². The summed E-state index contributed by atoms with van der Waals surface area (Å²) >= 11 is 0. The summed E-state index contributed by atoms with van der Waals surface area (Å²) in [5.74, 6) is 5.21. The zero-order chi connectivity index (χ0) is 19.0. The lowest BCUT2D eigenvalue weighted by Gasteiger charge is -2.61. The Bertz CT molecular complexity index is 615. The van der Waals surface area contributed by atoms with E-state index in [-0.39, 0.29) is 0 Å². The van der Waals surface area contributed by atoms with Gasteiger partial charge in [-0.25, -0.2) is 0 Å². The minimum Gasteiger partial charge on any atom is -0.381 e. The smallest absolute Gasteiger partial charge is 0.120 e. The Labute approximate surface area is 166 Å². The second-order valence-electron chi connectivity index (χ2n) is 11.7. The summed E-state index contributed by atoms with van der Waals surface area (Å²) in [4.78, 5) is 10.9. The Morgan fingerprint density at radius 3 is 2.63 bits per heavy atom. The van der Waals surface area contributed by atoms with Crippen LogP contribution in [-0.2, 0) is 9.53 Å². The molecule has 0 aromatic carbocycles. The molecule has 0 bridgehead atoms. The third-order valence-corrected chi connectivity index (χ3v) is 11.3. The van der Waals surface area contributed by atoms with E-state index in [1.54, 1.807) is 0 Å². The fourth-order valence-corrected chi connectivity index (χ4v) is 10.1. The number of aldehydes is 1. The number of carbonyl (C=O) groups is 1. The van der Waals surface area contributed by atoms with Crippen LogP contribution in [0.25, 0.3) is 0 Å². The molecule has 5 aliphatic rings. The standard InChI is InChI=1S/C25H40O2/c1-16(6-5-13-26)19-7-8-20-18-14-22(27-4)25-15-17(25)9-12-24(25,3)21(18)10-11-23(19,20)2/h13,16-22H,5-12,14-15H2,1-4H3/t16-,17?,18+,19-,20+,21+,22?,23-,24-,25?/m1/s1. The van der Waals surface area contributed by atoms with E-state index in [1.165, 1.54) is 51.4 Å². The van der Waals surface area contributed by atoms with Gasteiger partial charge in [0, 0.05) is 18.9 Å². The highest BCUT2D eigenvalue weighted by Crippen LogP contribution is 2.82. The monoisotopic (exact) mass is 372 g/mol. The highest BCUT2D eigenvalue weighted by molar-refractivity contribution is 5.49. The highest BCUT2D eigenvalue weighted by atomic mass is 16.5. The minimum atomic E-state index is 0.504. The van der Waals surface area contributed by atoms with Crippen LogP contribution < -0.4 is 0 Å². The topological polar surface area (TPSA) is 26.3 Å². The van der Waals surface area contributed by atoms with Gasteiger partial charge in [0.05, 0.1) is 6.10 Å². The molecule has 5 saturated carbocycles. The number of methoxy groups -OCH3 is 1. The zero-order valence-electron chi connectivity index (χ0n) is 18.0. The highest BCUT2D eigenvalue weighted by Gasteiger charge is 2.77. The van der Waals surface area contributed by atoms with E-state index in [9.17, 15) is 4.79 Å². The normalized spacial score (nSPS) is 56.6. The van der Waals surface area contributed by atoms with Crippen molar-refractivity contribution in [2.75, 3.05) is 7.11 Å². The predicted octanol–water partition coefficient (Wildman–Crippen LogP) is 5.89. The molecule has 5 aliphatic carbocycles. The van der Waals surface area contributed by atoms with E-state index in [1.807, 2.05) is 7.11 Å². The third kappa shape index (κ3) is 2.20. The minimum absolute atomic E-state index is 0.504. The third-order valence-electron chi connectivity index (χ3n) is 11.3. The van der Waals surface area contributed by atoms with Crippen LogP contribution in [0.1, 0.15) is 85.0 Å². The van der Waals surface area contributed by atoms with E-state index in [2.05, 4.69) is 20.8 Å². The van der Waals surface area contributed by atoms with E-state index in [0.29, 0.717) is 28.3 Å². The largest absolute Gasteiger partial charge is 0.381 e. The molecule has 2 nitrogen and oxygen atoms in total. The lowest BCUT2D eigenvalue weighted by Crippen LogP contribution is -2.57. The molecule has 0 aromatic heterocycles. The number of ether oxygens (including phenoxy) is 1. The van der Waals surface area contributed by atoms with Gasteiger partial charge in [-0.3, -0.25) is 0 Å². The van der Waals surface area contributed by atoms with Gasteiger partial charge >= 0.3 is 0 Å². The summed E-state index contributed by atoms with van der Waals surface area (Å²) in [5.41, 5.74) is 1.60. The van der Waals surface area contributed by atoms with Crippen molar-refractivity contribution in [3.8, 4) is 0 Å². The Morgan fingerprint density at radius 1 is 1.11 bits per heavy atom. The van der Waals surface area contributed by atoms with Gasteiger partial charge in [0.25, 0.3) is 0 Å². The lowest BCUT2D eigenvalue weighted by molar-refractivity contribution is -0.161. The maximum Gasteiger partial charge on any atom is 0.120 e. The molecule has 0 N–H and O–H groups in total. The molecule has 0 heterocycles. The van der Waals surface area contributed by atoms with Crippen LogP contribution in [0.2, 0.25) is 0 Å². The van der Waals surface area contributed by atoms with Gasteiger partial charge in [0.15, 0.2) is 0 Å². The van der Waals surface area contributed by atoms with Crippen LogP contribution in [0.3, 0.4) is 0 Å². The zero-order valence-corrected chi connectivity index (χ0v) is 18.0. The fourth-order valence-electron chi connectivity index (χ4n) is 10.1. The molecule has 0 aromatic rings. The van der Waals surface area contributed by atoms with Crippen LogP contribution in [0, 0.1) is 51.8 Å². The molecule has 27 heavy (non-hydrogen) atoms. The molecule has 0 radical (unpaired) electrons. The first-order valence-corrected chi connectivity index (χ1v) is 11.9. The van der Waals surface area contributed by atoms with E-state index < -0.39 is 0 Å². The summed E-state index contributed by atoms with van der Waals surface area (Å²) in [7, 11) is 1.99. The van der Waals surface area contributed by atoms with Crippen molar-refractivity contribution in [2.45, 2.75) is 91.1 Å². The van der Waals surface area contributed by atoms with Crippen molar-refractivity contribution in [3.05, 3.63) is 0 Å². The summed E-state index contributed by atoms with van der Waals surface area (Å²) in [6.07, 6.45) is 14.9. The molecule has 0 amide bonds. The average molecular weight is 373 g/mol. The molecular weight excluding hydrogens is 332 g/mol. The van der Waals surface area contributed by atoms with Gasteiger partial charge in [-0.05, 0) is 104 Å². The SMILES string of the molecule is COC1C[C@H]2[C@@H]3CC[C@H]([C@H](C)CCC=O)[C@@]3(C)CC[C@@H]2[C@@]2(C)CCC3CC312. The molecule has 2 heteroatoms. The molecular formula is C25H40O2. The Balaban J connectivity index is 1.43. The van der Waals surface area contributed by atoms with Gasteiger partial charge in [-0.2, -0.15) is 0 Å². The van der Waals surface area contributed by atoms with Crippen LogP contribution >= 0.6 is 0 Å². The quantitative estimate of drug-likeness (QED) is 0.563. The van der Waals surface area contributed by atoms with E-state index in [0.717, 1.165) is 48.7 Å². The second-order valence-corrected chi connectivity index (χ2v) is 11.7. The van der Waals surface area contributed by atoms with Crippen molar-refractivity contribution in [2.24, 2.45) is 51.8 Å². The van der Waals surface area contributed by atoms with Crippen LogP contribution in [0.15, 0.2) is 0 Å². The van der Waals surface area contributed by atoms with Gasteiger partial charge < -0.3 is 9.53 Å². The Hall–Kier alpha value is -0.370. The molecule has 0 saturated heterocycles. The summed E-state index contributed by atoms with van der Waals surface area (Å²) in [6.45, 7) is 7.73. The van der Waals surface area contributed by atoms with Gasteiger partial charge in [0.2, 0.25) is 0 Å². The first-order chi connectivity index (χ1) is 12.9. The van der Waals surface area contributed by atoms with E-state index >= 15 is 0 Å². The number of hydrogen-bond acceptors (Lipinski definition) is 2. The molecule has 1 spiro atoms. The fraction of sp³-hybridized carbons (Fsp3) is 0.960. The molecule has 5 rings (SSSR count). The number of rotatable bonds is 5. The summed E-state index contributed by atoms with van der Waals surface area (Å²) < 4.78 is 6.23. The van der Waals surface area contributed by atoms with Gasteiger partial charge in [-0.1, -0.05) is 20.8 Å². The number of carbonyl (C=O) groups excluding carboxylic acids is 1. The lowest BCUT2D eigenvalue weighted by atomic mass is 9.45. The Kier molecular flexibility index (Phi) is 4.19. The molecule has 0 aliphatic heterocycles. The maximum absolute atomic E-state index is 10.9. The Morgan fingerprint density at radius 2 is 1.93 bits per heavy atom. The first-order valence-electron chi connectivity index (χ1n) is 11.9. The van der Waals surface area contributed by atoms with Crippen LogP contribution in [0.4, 0.5) is 0 Å². The molecule has 152 valence electrons. The first kappa shape index (κ1) is 18.6. The average Bonchev–Trinajstić information content (AvgIpc) is 3.16. The number of hydrogen-bond donors (Lipinski definition) is 0. The second kappa shape index (κ2) is 6.07. The number of fused-ring (bicyclic) bond motifs is 4. The molecule has 10 atom stereocenters. The van der Waals surface area contributed by atoms with Crippen LogP contribution in [0.5, 0.6) is 0 Å². The van der Waals surface area contributed by atoms with E-state index in [4.69, 9.17) is 4.74 Å². The van der Waals surface area contributed by atoms with Crippen LogP contribution in [-0.4, -0.2) is 19.5 Å². The van der Waals surface area contributed by atoms with Crippen molar-refractivity contribution < 1.29 is 9.53 Å². The van der Waals surface area contributed by atoms with Gasteiger partial charge in [-0.15, -0.1) is 0 Å². The molecule has 3 unspecified atom stereocenters.